The molecule has 1 atom stereocenters. The van der Waals surface area contributed by atoms with Gasteiger partial charge in [0.2, 0.25) is 11.9 Å². The molecule has 0 radical (unpaired) electrons. The Labute approximate surface area is 285 Å². The van der Waals surface area contributed by atoms with Crippen molar-refractivity contribution in [2.24, 2.45) is 11.3 Å². The third-order valence-electron chi connectivity index (χ3n) is 11.1. The number of thiophene rings is 1. The van der Waals surface area contributed by atoms with E-state index in [-0.39, 0.29) is 33.7 Å². The SMILES string of the molecule is CNc1nc(NC2CCN(Cc3ccc4c(cc(C#N)n4CC45CC(NC(=O)C6CC6)(C4)C5)c3C)CC2)c2cc(C(O)C(F)(F)F)sc2n1. The number of piperidine rings is 1. The topological polar surface area (TPSA) is 131 Å². The largest absolute Gasteiger partial charge is 0.419 e. The number of carbonyl (C=O) groups is 1. The van der Waals surface area contributed by atoms with Crippen LogP contribution in [0.3, 0.4) is 0 Å². The number of nitrogens with zero attached hydrogens (tertiary/aromatic N) is 5. The highest BCUT2D eigenvalue weighted by Gasteiger charge is 2.68. The summed E-state index contributed by atoms with van der Waals surface area (Å²) < 4.78 is 41.8. The number of aromatic nitrogens is 3. The highest BCUT2D eigenvalue weighted by atomic mass is 32.1. The van der Waals surface area contributed by atoms with Gasteiger partial charge in [-0.3, -0.25) is 9.69 Å². The van der Waals surface area contributed by atoms with E-state index in [9.17, 15) is 28.3 Å². The minimum Gasteiger partial charge on any atom is -0.379 e. The van der Waals surface area contributed by atoms with Crippen LogP contribution in [0.2, 0.25) is 0 Å². The first-order chi connectivity index (χ1) is 23.4. The van der Waals surface area contributed by atoms with Crippen LogP contribution in [0.4, 0.5) is 24.9 Å². The number of aliphatic hydroxyl groups excluding tert-OH is 1. The number of aliphatic hydroxyl groups is 1. The predicted molar refractivity (Wildman–Crippen MR) is 181 cm³/mol. The second kappa shape index (κ2) is 11.6. The zero-order valence-electron chi connectivity index (χ0n) is 27.5. The summed E-state index contributed by atoms with van der Waals surface area (Å²) in [4.78, 5) is 23.7. The quantitative estimate of drug-likeness (QED) is 0.160. The van der Waals surface area contributed by atoms with Gasteiger partial charge in [0, 0.05) is 66.5 Å². The molecule has 4 aromatic rings. The molecule has 0 spiro atoms. The number of aryl methyl sites for hydroxylation is 1. The van der Waals surface area contributed by atoms with Crippen LogP contribution >= 0.6 is 11.3 Å². The van der Waals surface area contributed by atoms with E-state index in [1.807, 2.05) is 6.07 Å². The van der Waals surface area contributed by atoms with E-state index in [2.05, 4.69) is 60.5 Å². The average molecular weight is 693 g/mol. The highest BCUT2D eigenvalue weighted by Crippen LogP contribution is 2.68. The van der Waals surface area contributed by atoms with Gasteiger partial charge in [0.05, 0.1) is 5.39 Å². The zero-order valence-corrected chi connectivity index (χ0v) is 28.3. The molecule has 1 unspecified atom stereocenters. The van der Waals surface area contributed by atoms with E-state index >= 15 is 0 Å². The number of fused-ring (bicyclic) bond motifs is 2. The third-order valence-corrected chi connectivity index (χ3v) is 12.2. The highest BCUT2D eigenvalue weighted by molar-refractivity contribution is 7.18. The van der Waals surface area contributed by atoms with E-state index in [1.165, 1.54) is 17.2 Å². The second-order valence-corrected chi connectivity index (χ2v) is 15.8. The number of carbonyl (C=O) groups excluding carboxylic acids is 1. The smallest absolute Gasteiger partial charge is 0.379 e. The maximum atomic E-state index is 13.2. The predicted octanol–water partition coefficient (Wildman–Crippen LogP) is 5.99. The van der Waals surface area contributed by atoms with Gasteiger partial charge in [0.25, 0.3) is 0 Å². The Balaban J connectivity index is 0.918. The fourth-order valence-corrected chi connectivity index (χ4v) is 9.47. The molecule has 14 heteroatoms. The lowest BCUT2D eigenvalue weighted by atomic mass is 9.39. The van der Waals surface area contributed by atoms with Crippen LogP contribution in [0, 0.1) is 29.6 Å². The summed E-state index contributed by atoms with van der Waals surface area (Å²) in [6.07, 6.45) is -0.705. The van der Waals surface area contributed by atoms with E-state index in [1.54, 1.807) is 7.05 Å². The molecular weight excluding hydrogens is 654 g/mol. The van der Waals surface area contributed by atoms with Crippen molar-refractivity contribution in [1.29, 1.82) is 5.26 Å². The number of likely N-dealkylation sites (tertiary alicyclic amines) is 1. The van der Waals surface area contributed by atoms with E-state index in [4.69, 9.17) is 0 Å². The molecule has 2 bridgehead atoms. The summed E-state index contributed by atoms with van der Waals surface area (Å²) in [7, 11) is 1.65. The van der Waals surface area contributed by atoms with Crippen LogP contribution in [0.15, 0.2) is 24.3 Å². The van der Waals surface area contributed by atoms with Gasteiger partial charge >= 0.3 is 6.18 Å². The second-order valence-electron chi connectivity index (χ2n) is 14.7. The van der Waals surface area contributed by atoms with Crippen molar-refractivity contribution < 1.29 is 23.1 Å². The molecule has 1 aromatic carbocycles. The van der Waals surface area contributed by atoms with Gasteiger partial charge in [-0.05, 0) is 86.6 Å². The molecule has 1 amide bonds. The van der Waals surface area contributed by atoms with Crippen LogP contribution in [-0.4, -0.2) is 68.3 Å². The summed E-state index contributed by atoms with van der Waals surface area (Å²) in [6, 6.07) is 10.2. The van der Waals surface area contributed by atoms with Gasteiger partial charge in [-0.2, -0.15) is 23.4 Å². The van der Waals surface area contributed by atoms with Gasteiger partial charge in [-0.1, -0.05) is 6.07 Å². The van der Waals surface area contributed by atoms with Crippen molar-refractivity contribution in [2.75, 3.05) is 30.8 Å². The van der Waals surface area contributed by atoms with Gasteiger partial charge in [-0.25, -0.2) is 4.98 Å². The zero-order chi connectivity index (χ0) is 34.3. The van der Waals surface area contributed by atoms with Crippen molar-refractivity contribution in [3.63, 3.8) is 0 Å². The number of alkyl halides is 3. The Morgan fingerprint density at radius 2 is 1.88 bits per heavy atom. The summed E-state index contributed by atoms with van der Waals surface area (Å²) >= 11 is 0.816. The van der Waals surface area contributed by atoms with E-state index in [0.29, 0.717) is 27.7 Å². The molecule has 1 aliphatic heterocycles. The van der Waals surface area contributed by atoms with E-state index in [0.717, 1.165) is 93.4 Å². The Morgan fingerprint density at radius 3 is 2.53 bits per heavy atom. The first-order valence-electron chi connectivity index (χ1n) is 16.9. The molecule has 4 saturated carbocycles. The number of hydrogen-bond donors (Lipinski definition) is 4. The van der Waals surface area contributed by atoms with Crippen molar-refractivity contribution in [1.82, 2.24) is 24.8 Å². The molecule has 4 aliphatic carbocycles. The van der Waals surface area contributed by atoms with Gasteiger partial charge in [0.1, 0.15) is 22.4 Å². The first kappa shape index (κ1) is 32.3. The van der Waals surface area contributed by atoms with Gasteiger partial charge in [0.15, 0.2) is 6.10 Å². The Bertz CT molecular complexity index is 1980. The average Bonchev–Trinajstić information content (AvgIpc) is 3.71. The molecule has 1 saturated heterocycles. The van der Waals surface area contributed by atoms with Gasteiger partial charge in [-0.15, -0.1) is 11.3 Å². The van der Waals surface area contributed by atoms with Crippen molar-refractivity contribution in [2.45, 2.75) is 88.8 Å². The lowest BCUT2D eigenvalue weighted by molar-refractivity contribution is -0.205. The normalized spacial score (nSPS) is 24.7. The molecule has 258 valence electrons. The lowest BCUT2D eigenvalue weighted by Crippen LogP contribution is -2.75. The lowest BCUT2D eigenvalue weighted by Gasteiger charge is -2.71. The van der Waals surface area contributed by atoms with Crippen LogP contribution in [0.25, 0.3) is 21.1 Å². The molecule has 9 rings (SSSR count). The first-order valence-corrected chi connectivity index (χ1v) is 17.8. The number of rotatable bonds is 10. The fraction of sp³-hybridized carbons (Fsp3) is 0.543. The van der Waals surface area contributed by atoms with Crippen LogP contribution < -0.4 is 16.0 Å². The number of nitriles is 1. The molecule has 4 heterocycles. The van der Waals surface area contributed by atoms with Crippen molar-refractivity contribution in [3.05, 3.63) is 46.0 Å². The number of halogens is 3. The third kappa shape index (κ3) is 5.79. The Kier molecular flexibility index (Phi) is 7.62. The number of hydrogen-bond acceptors (Lipinski definition) is 9. The minimum atomic E-state index is -4.76. The summed E-state index contributed by atoms with van der Waals surface area (Å²) in [5, 5.41) is 31.1. The molecule has 49 heavy (non-hydrogen) atoms. The molecule has 4 N–H and O–H groups in total. The van der Waals surface area contributed by atoms with Gasteiger partial charge < -0.3 is 25.6 Å². The number of amides is 1. The molecule has 5 fully saturated rings. The number of benzene rings is 1. The van der Waals surface area contributed by atoms with Crippen LogP contribution in [-0.2, 0) is 17.9 Å². The van der Waals surface area contributed by atoms with Crippen LogP contribution in [0.1, 0.15) is 72.7 Å². The fourth-order valence-electron chi connectivity index (χ4n) is 8.43. The minimum absolute atomic E-state index is 0.0220. The summed E-state index contributed by atoms with van der Waals surface area (Å²) in [6.45, 7) is 5.36. The maximum absolute atomic E-state index is 13.2. The summed E-state index contributed by atoms with van der Waals surface area (Å²) in [5.41, 5.74) is 4.29. The standard InChI is InChI=1S/C35H39F3N8O2S/c1-19-21(5-6-26-24(19)11-23(13-39)46(26)18-33-15-34(16-33,17-33)44-30(48)20-3-4-20)14-45-9-7-22(8-10-45)41-29-25-12-27(28(47)35(36,37)38)49-31(25)43-32(40-2)42-29/h5-6,11-12,20,22,28,47H,3-4,7-10,14-18H2,1-2H3,(H,44,48)(H2,40,41,42,43). The summed E-state index contributed by atoms with van der Waals surface area (Å²) in [5.74, 6) is 1.20. The van der Waals surface area contributed by atoms with Crippen LogP contribution in [0.5, 0.6) is 0 Å². The number of nitrogens with one attached hydrogen (secondary N) is 3. The molecule has 10 nitrogen and oxygen atoms in total. The molecule has 3 aromatic heterocycles. The number of anilines is 2. The molecular formula is C35H39F3N8O2S. The Hall–Kier alpha value is -3.93. The van der Waals surface area contributed by atoms with E-state index < -0.39 is 12.3 Å². The monoisotopic (exact) mass is 692 g/mol. The molecule has 5 aliphatic rings. The van der Waals surface area contributed by atoms with Crippen molar-refractivity contribution >= 4 is 50.1 Å². The maximum Gasteiger partial charge on any atom is 0.419 e. The Morgan fingerprint density at radius 1 is 1.14 bits per heavy atom. The van der Waals surface area contributed by atoms with Crippen molar-refractivity contribution in [3.8, 4) is 6.07 Å².